The molecule has 0 aliphatic heterocycles. The van der Waals surface area contributed by atoms with Crippen LogP contribution in [0.1, 0.15) is 325 Å². The highest BCUT2D eigenvalue weighted by atomic mass is 31.2. The predicted molar refractivity (Wildman–Crippen MR) is 344 cm³/mol. The maximum Gasteiger partial charge on any atom is 0.472 e. The average Bonchev–Trinajstić information content (AvgIpc) is 3.53. The summed E-state index contributed by atoms with van der Waals surface area (Å²) in [5.41, 5.74) is 0. The number of phosphoric ester groups is 2. The molecule has 0 saturated carbocycles. The minimum Gasteiger partial charge on any atom is -0.462 e. The van der Waals surface area contributed by atoms with Crippen molar-refractivity contribution in [1.29, 1.82) is 0 Å². The third-order valence-corrected chi connectivity index (χ3v) is 17.2. The lowest BCUT2D eigenvalue weighted by Crippen LogP contribution is -2.30. The van der Waals surface area contributed by atoms with E-state index in [4.69, 9.17) is 37.0 Å². The minimum absolute atomic E-state index is 0.104. The number of carbonyl (C=O) groups excluding carboxylic acids is 4. The molecule has 5 atom stereocenters. The van der Waals surface area contributed by atoms with Gasteiger partial charge in [-0.05, 0) is 49.4 Å². The highest BCUT2D eigenvalue weighted by Crippen LogP contribution is 2.45. The Bertz CT molecular complexity index is 1710. The summed E-state index contributed by atoms with van der Waals surface area (Å²) in [6.45, 7) is 14.0. The van der Waals surface area contributed by atoms with Crippen molar-refractivity contribution in [2.24, 2.45) is 23.7 Å². The van der Waals surface area contributed by atoms with E-state index >= 15 is 0 Å². The van der Waals surface area contributed by atoms with E-state index in [1.807, 2.05) is 0 Å². The van der Waals surface area contributed by atoms with Crippen molar-refractivity contribution in [3.05, 3.63) is 0 Å². The fourth-order valence-corrected chi connectivity index (χ4v) is 11.5. The Morgan fingerprint density at radius 1 is 0.291 bits per heavy atom. The van der Waals surface area contributed by atoms with Gasteiger partial charge in [0.25, 0.3) is 0 Å². The molecule has 86 heavy (non-hydrogen) atoms. The molecule has 0 fully saturated rings. The van der Waals surface area contributed by atoms with Crippen molar-refractivity contribution < 1.29 is 80.2 Å². The van der Waals surface area contributed by atoms with Gasteiger partial charge in [-0.1, -0.05) is 274 Å². The molecular weight excluding hydrogens is 1140 g/mol. The molecule has 0 bridgehead atoms. The second-order valence-corrected chi connectivity index (χ2v) is 29.0. The topological polar surface area (TPSA) is 237 Å². The van der Waals surface area contributed by atoms with E-state index in [2.05, 4.69) is 55.4 Å². The second kappa shape index (κ2) is 57.0. The van der Waals surface area contributed by atoms with Crippen molar-refractivity contribution >= 4 is 39.5 Å². The summed E-state index contributed by atoms with van der Waals surface area (Å²) in [7, 11) is -9.90. The largest absolute Gasteiger partial charge is 0.472 e. The summed E-state index contributed by atoms with van der Waals surface area (Å²) < 4.78 is 68.1. The smallest absolute Gasteiger partial charge is 0.462 e. The number of phosphoric acid groups is 2. The van der Waals surface area contributed by atoms with Crippen molar-refractivity contribution in [3.63, 3.8) is 0 Å². The fourth-order valence-electron chi connectivity index (χ4n) is 9.96. The zero-order chi connectivity index (χ0) is 63.9. The van der Waals surface area contributed by atoms with Gasteiger partial charge < -0.3 is 33.8 Å². The number of unbranched alkanes of at least 4 members (excludes halogenated alkanes) is 30. The molecule has 510 valence electrons. The summed E-state index contributed by atoms with van der Waals surface area (Å²) in [5, 5.41) is 10.6. The van der Waals surface area contributed by atoms with Gasteiger partial charge in [-0.15, -0.1) is 0 Å². The first-order valence-electron chi connectivity index (χ1n) is 34.7. The predicted octanol–water partition coefficient (Wildman–Crippen LogP) is 18.5. The number of rotatable bonds is 64. The molecular formula is C67H130O17P2. The number of carbonyl (C=O) groups is 4. The van der Waals surface area contributed by atoms with Gasteiger partial charge in [0.15, 0.2) is 12.2 Å². The van der Waals surface area contributed by atoms with Gasteiger partial charge in [0.05, 0.1) is 26.4 Å². The number of esters is 4. The van der Waals surface area contributed by atoms with Gasteiger partial charge in [-0.3, -0.25) is 37.3 Å². The summed E-state index contributed by atoms with van der Waals surface area (Å²) in [6.07, 6.45) is 37.7. The van der Waals surface area contributed by atoms with Crippen LogP contribution in [0.15, 0.2) is 0 Å². The molecule has 0 aromatic carbocycles. The first-order valence-corrected chi connectivity index (χ1v) is 37.7. The Kier molecular flexibility index (Phi) is 55.7. The summed E-state index contributed by atoms with van der Waals surface area (Å²) in [5.74, 6) is 0.771. The van der Waals surface area contributed by atoms with E-state index in [1.54, 1.807) is 0 Å². The van der Waals surface area contributed by atoms with Crippen molar-refractivity contribution in [2.45, 2.75) is 343 Å². The average molecular weight is 1270 g/mol. The van der Waals surface area contributed by atoms with Gasteiger partial charge in [0.2, 0.25) is 0 Å². The lowest BCUT2D eigenvalue weighted by Gasteiger charge is -2.21. The fraction of sp³-hybridized carbons (Fsp3) is 0.940. The number of ether oxygens (including phenoxy) is 4. The van der Waals surface area contributed by atoms with E-state index in [1.165, 1.54) is 122 Å². The van der Waals surface area contributed by atoms with Gasteiger partial charge in [-0.25, -0.2) is 9.13 Å². The quantitative estimate of drug-likeness (QED) is 0.0222. The molecule has 0 rings (SSSR count). The van der Waals surface area contributed by atoms with Crippen molar-refractivity contribution in [2.75, 3.05) is 39.6 Å². The summed E-state index contributed by atoms with van der Waals surface area (Å²) in [4.78, 5) is 72.3. The Hall–Kier alpha value is -1.94. The molecule has 0 aromatic rings. The van der Waals surface area contributed by atoms with Gasteiger partial charge in [-0.2, -0.15) is 0 Å². The third kappa shape index (κ3) is 60.9. The maximum absolute atomic E-state index is 13.0. The van der Waals surface area contributed by atoms with Crippen LogP contribution in [-0.2, 0) is 65.4 Å². The van der Waals surface area contributed by atoms with Crippen LogP contribution in [0, 0.1) is 23.7 Å². The van der Waals surface area contributed by atoms with Gasteiger partial charge in [0, 0.05) is 25.7 Å². The molecule has 0 spiro atoms. The van der Waals surface area contributed by atoms with Crippen LogP contribution in [0.5, 0.6) is 0 Å². The lowest BCUT2D eigenvalue weighted by atomic mass is 10.0. The van der Waals surface area contributed by atoms with Gasteiger partial charge >= 0.3 is 39.5 Å². The summed E-state index contributed by atoms with van der Waals surface area (Å²) >= 11 is 0. The molecule has 19 heteroatoms. The van der Waals surface area contributed by atoms with E-state index in [-0.39, 0.29) is 25.7 Å². The third-order valence-electron chi connectivity index (χ3n) is 15.3. The molecule has 0 radical (unpaired) electrons. The van der Waals surface area contributed by atoms with E-state index in [0.717, 1.165) is 114 Å². The monoisotopic (exact) mass is 1270 g/mol. The Morgan fingerprint density at radius 3 is 0.721 bits per heavy atom. The van der Waals surface area contributed by atoms with E-state index < -0.39 is 97.5 Å². The Morgan fingerprint density at radius 2 is 0.488 bits per heavy atom. The molecule has 0 amide bonds. The highest BCUT2D eigenvalue weighted by Gasteiger charge is 2.30. The molecule has 0 aliphatic carbocycles. The number of aliphatic hydroxyl groups is 1. The van der Waals surface area contributed by atoms with Crippen molar-refractivity contribution in [3.8, 4) is 0 Å². The highest BCUT2D eigenvalue weighted by molar-refractivity contribution is 7.47. The minimum atomic E-state index is -4.95. The molecule has 17 nitrogen and oxygen atoms in total. The van der Waals surface area contributed by atoms with Crippen LogP contribution in [0.2, 0.25) is 0 Å². The molecule has 0 aliphatic rings. The van der Waals surface area contributed by atoms with Crippen LogP contribution >= 0.6 is 15.6 Å². The normalized spacial score (nSPS) is 14.4. The maximum atomic E-state index is 13.0. The SMILES string of the molecule is CC(C)CCCCCCCCCCCCCC(=O)O[C@H](COC(=O)CCCCCCCCCCC(C)C)COP(=O)(O)OCC(O)COP(=O)(O)OC[C@@H](COC(=O)CCCCCCCCC(C)C)OC(=O)CCCCCCCCCCCC(C)C. The van der Waals surface area contributed by atoms with E-state index in [9.17, 15) is 43.2 Å². The zero-order valence-electron chi connectivity index (χ0n) is 55.9. The first-order chi connectivity index (χ1) is 41.1. The van der Waals surface area contributed by atoms with Crippen LogP contribution in [0.25, 0.3) is 0 Å². The van der Waals surface area contributed by atoms with Crippen LogP contribution in [0.3, 0.4) is 0 Å². The number of aliphatic hydroxyl groups excluding tert-OH is 1. The summed E-state index contributed by atoms with van der Waals surface area (Å²) in [6, 6.07) is 0. The number of hydrogen-bond acceptors (Lipinski definition) is 15. The van der Waals surface area contributed by atoms with Crippen molar-refractivity contribution in [1.82, 2.24) is 0 Å². The standard InChI is InChI=1S/C67H130O17P2/c1-57(2)43-35-27-19-13-10-9-11-15-23-33-41-49-66(71)83-62(53-77-64(69)47-39-31-22-18-17-21-29-37-45-59(5)6)55-81-85(73,74)79-51-61(68)52-80-86(75,76)82-56-63(54-78-65(70)48-40-32-26-25-30-38-46-60(7)8)84-67(72)50-42-34-24-16-12-14-20-28-36-44-58(3)4/h57-63,68H,9-56H2,1-8H3,(H,73,74)(H,75,76)/t61?,62-,63-/m1/s1. The molecule has 0 saturated heterocycles. The Labute approximate surface area is 524 Å². The first kappa shape index (κ1) is 84.1. The van der Waals surface area contributed by atoms with Crippen LogP contribution in [0.4, 0.5) is 0 Å². The lowest BCUT2D eigenvalue weighted by molar-refractivity contribution is -0.161. The van der Waals surface area contributed by atoms with Crippen LogP contribution < -0.4 is 0 Å². The second-order valence-electron chi connectivity index (χ2n) is 26.1. The molecule has 3 N–H and O–H groups in total. The Balaban J connectivity index is 5.25. The number of hydrogen-bond donors (Lipinski definition) is 3. The van der Waals surface area contributed by atoms with Crippen LogP contribution in [-0.4, -0.2) is 96.7 Å². The molecule has 0 heterocycles. The van der Waals surface area contributed by atoms with Gasteiger partial charge in [0.1, 0.15) is 19.3 Å². The molecule has 0 aromatic heterocycles. The zero-order valence-corrected chi connectivity index (χ0v) is 57.7. The molecule has 3 unspecified atom stereocenters. The van der Waals surface area contributed by atoms with E-state index in [0.29, 0.717) is 31.6 Å².